The van der Waals surface area contributed by atoms with Gasteiger partial charge in [0.1, 0.15) is 0 Å². The van der Waals surface area contributed by atoms with E-state index in [1.54, 1.807) is 0 Å². The highest BCUT2D eigenvalue weighted by Crippen LogP contribution is 2.21. The Hall–Kier alpha value is -1.10. The lowest BCUT2D eigenvalue weighted by Crippen LogP contribution is -2.50. The second-order valence-electron chi connectivity index (χ2n) is 6.87. The van der Waals surface area contributed by atoms with Crippen molar-refractivity contribution in [3.63, 3.8) is 0 Å². The van der Waals surface area contributed by atoms with Gasteiger partial charge in [0, 0.05) is 51.1 Å². The van der Waals surface area contributed by atoms with E-state index in [2.05, 4.69) is 53.4 Å². The number of anilines is 1. The molecule has 1 aromatic carbocycles. The van der Waals surface area contributed by atoms with E-state index in [0.717, 1.165) is 26.2 Å². The number of hydrogen-bond donors (Lipinski definition) is 1. The molecule has 2 aliphatic rings. The first-order chi connectivity index (χ1) is 10.7. The minimum atomic E-state index is 0.333. The third-order valence-corrected chi connectivity index (χ3v) is 5.10. The molecule has 0 radical (unpaired) electrons. The van der Waals surface area contributed by atoms with Crippen LogP contribution in [-0.2, 0) is 4.74 Å². The summed E-state index contributed by atoms with van der Waals surface area (Å²) in [6.07, 6.45) is 2.76. The van der Waals surface area contributed by atoms with Gasteiger partial charge in [-0.3, -0.25) is 0 Å². The van der Waals surface area contributed by atoms with Crippen LogP contribution < -0.4 is 10.2 Å². The number of aryl methyl sites for hydroxylation is 1. The van der Waals surface area contributed by atoms with Gasteiger partial charge in [0.25, 0.3) is 0 Å². The second kappa shape index (κ2) is 6.99. The molecular weight excluding hydrogens is 274 g/mol. The van der Waals surface area contributed by atoms with Crippen molar-refractivity contribution in [1.29, 1.82) is 0 Å². The molecule has 0 saturated carbocycles. The second-order valence-corrected chi connectivity index (χ2v) is 6.87. The number of piperidine rings is 1. The number of nitrogens with zero attached hydrogens (tertiary/aromatic N) is 2. The van der Waals surface area contributed by atoms with Gasteiger partial charge in [-0.1, -0.05) is 17.7 Å². The molecule has 2 atom stereocenters. The fraction of sp³-hybridized carbons (Fsp3) is 0.667. The first kappa shape index (κ1) is 15.8. The van der Waals surface area contributed by atoms with Crippen molar-refractivity contribution in [1.82, 2.24) is 10.2 Å². The summed E-state index contributed by atoms with van der Waals surface area (Å²) in [4.78, 5) is 4.86. The predicted octanol–water partition coefficient (Wildman–Crippen LogP) is 1.88. The normalized spacial score (nSPS) is 27.5. The summed E-state index contributed by atoms with van der Waals surface area (Å²) in [5.41, 5.74) is 2.69. The Morgan fingerprint density at radius 3 is 2.41 bits per heavy atom. The van der Waals surface area contributed by atoms with Crippen LogP contribution in [0.5, 0.6) is 0 Å². The van der Waals surface area contributed by atoms with E-state index in [9.17, 15) is 0 Å². The van der Waals surface area contributed by atoms with E-state index in [0.29, 0.717) is 18.2 Å². The van der Waals surface area contributed by atoms with Gasteiger partial charge in [-0.2, -0.15) is 0 Å². The van der Waals surface area contributed by atoms with Crippen LogP contribution in [0.4, 0.5) is 5.69 Å². The highest BCUT2D eigenvalue weighted by Gasteiger charge is 2.33. The number of likely N-dealkylation sites (tertiary alicyclic amines) is 1. The van der Waals surface area contributed by atoms with Crippen LogP contribution in [0.3, 0.4) is 0 Å². The van der Waals surface area contributed by atoms with Gasteiger partial charge in [0.05, 0.1) is 6.10 Å². The molecule has 2 fully saturated rings. The predicted molar refractivity (Wildman–Crippen MR) is 91.6 cm³/mol. The van der Waals surface area contributed by atoms with Gasteiger partial charge in [-0.15, -0.1) is 0 Å². The van der Waals surface area contributed by atoms with Crippen molar-refractivity contribution in [3.05, 3.63) is 29.8 Å². The average Bonchev–Trinajstić information content (AvgIpc) is 2.89. The smallest absolute Gasteiger partial charge is 0.0863 e. The van der Waals surface area contributed by atoms with Gasteiger partial charge < -0.3 is 19.9 Å². The van der Waals surface area contributed by atoms with Crippen LogP contribution in [0.2, 0.25) is 0 Å². The van der Waals surface area contributed by atoms with E-state index in [-0.39, 0.29) is 0 Å². The topological polar surface area (TPSA) is 27.7 Å². The largest absolute Gasteiger partial charge is 0.378 e. The molecule has 0 amide bonds. The third-order valence-electron chi connectivity index (χ3n) is 5.10. The standard InChI is InChI=1S/C18H29N3O/c1-14-4-6-16(7-5-14)21-10-8-15(9-11-21)19-17-12-20(2)13-18(17)22-3/h4-7,15,17-19H,8-13H2,1-3H3/t17-,18-/m0/s1. The maximum absolute atomic E-state index is 5.62. The number of benzene rings is 1. The Bertz CT molecular complexity index is 468. The van der Waals surface area contributed by atoms with E-state index >= 15 is 0 Å². The molecule has 0 unspecified atom stereocenters. The highest BCUT2D eigenvalue weighted by atomic mass is 16.5. The van der Waals surface area contributed by atoms with Gasteiger partial charge in [0.15, 0.2) is 0 Å². The number of hydrogen-bond acceptors (Lipinski definition) is 4. The molecule has 2 heterocycles. The monoisotopic (exact) mass is 303 g/mol. The molecule has 0 aromatic heterocycles. The van der Waals surface area contributed by atoms with Gasteiger partial charge in [-0.25, -0.2) is 0 Å². The van der Waals surface area contributed by atoms with Gasteiger partial charge in [-0.05, 0) is 38.9 Å². The van der Waals surface area contributed by atoms with Gasteiger partial charge in [0.2, 0.25) is 0 Å². The number of rotatable bonds is 4. The molecule has 0 bridgehead atoms. The lowest BCUT2D eigenvalue weighted by molar-refractivity contribution is 0.0868. The number of nitrogens with one attached hydrogen (secondary N) is 1. The minimum Gasteiger partial charge on any atom is -0.378 e. The summed E-state index contributed by atoms with van der Waals surface area (Å²) in [6.45, 7) is 6.56. The van der Waals surface area contributed by atoms with Crippen LogP contribution >= 0.6 is 0 Å². The molecule has 1 N–H and O–H groups in total. The minimum absolute atomic E-state index is 0.333. The SMILES string of the molecule is CO[C@H]1CN(C)C[C@@H]1NC1CCN(c2ccc(C)cc2)CC1. The summed E-state index contributed by atoms with van der Waals surface area (Å²) < 4.78 is 5.62. The van der Waals surface area contributed by atoms with Crippen LogP contribution in [-0.4, -0.2) is 63.4 Å². The average molecular weight is 303 g/mol. The fourth-order valence-electron chi connectivity index (χ4n) is 3.72. The van der Waals surface area contributed by atoms with Crippen molar-refractivity contribution < 1.29 is 4.74 Å². The lowest BCUT2D eigenvalue weighted by atomic mass is 10.0. The van der Waals surface area contributed by atoms with E-state index < -0.39 is 0 Å². The van der Waals surface area contributed by atoms with Crippen molar-refractivity contribution >= 4 is 5.69 Å². The number of likely N-dealkylation sites (N-methyl/N-ethyl adjacent to an activating group) is 1. The van der Waals surface area contributed by atoms with E-state index in [4.69, 9.17) is 4.74 Å². The first-order valence-corrected chi connectivity index (χ1v) is 8.44. The maximum atomic E-state index is 5.62. The Labute approximate surface area is 134 Å². The third kappa shape index (κ3) is 3.62. The first-order valence-electron chi connectivity index (χ1n) is 8.44. The van der Waals surface area contributed by atoms with Crippen molar-refractivity contribution in [2.75, 3.05) is 45.2 Å². The van der Waals surface area contributed by atoms with Crippen molar-refractivity contribution in [2.24, 2.45) is 0 Å². The molecule has 1 aromatic rings. The van der Waals surface area contributed by atoms with Crippen LogP contribution in [0.1, 0.15) is 18.4 Å². The molecule has 122 valence electrons. The van der Waals surface area contributed by atoms with Crippen LogP contribution in [0, 0.1) is 6.92 Å². The summed E-state index contributed by atoms with van der Waals surface area (Å²) in [5, 5.41) is 3.84. The molecular formula is C18H29N3O. The zero-order valence-corrected chi connectivity index (χ0v) is 14.1. The van der Waals surface area contributed by atoms with E-state index in [1.165, 1.54) is 24.1 Å². The van der Waals surface area contributed by atoms with Crippen LogP contribution in [0.25, 0.3) is 0 Å². The molecule has 2 aliphatic heterocycles. The summed E-state index contributed by atoms with van der Waals surface area (Å²) in [6, 6.07) is 10.0. The summed E-state index contributed by atoms with van der Waals surface area (Å²) in [5.74, 6) is 0. The quantitative estimate of drug-likeness (QED) is 0.919. The molecule has 0 aliphatic carbocycles. The van der Waals surface area contributed by atoms with E-state index in [1.807, 2.05) is 7.11 Å². The van der Waals surface area contributed by atoms with Crippen molar-refractivity contribution in [3.8, 4) is 0 Å². The zero-order chi connectivity index (χ0) is 15.5. The lowest BCUT2D eigenvalue weighted by Gasteiger charge is -2.36. The molecule has 4 heteroatoms. The van der Waals surface area contributed by atoms with Crippen LogP contribution in [0.15, 0.2) is 24.3 Å². The molecule has 4 nitrogen and oxygen atoms in total. The Morgan fingerprint density at radius 1 is 1.09 bits per heavy atom. The summed E-state index contributed by atoms with van der Waals surface area (Å²) >= 11 is 0. The summed E-state index contributed by atoms with van der Waals surface area (Å²) in [7, 11) is 4.01. The Morgan fingerprint density at radius 2 is 1.77 bits per heavy atom. The molecule has 3 rings (SSSR count). The zero-order valence-electron chi connectivity index (χ0n) is 14.1. The Balaban J connectivity index is 1.50. The maximum Gasteiger partial charge on any atom is 0.0863 e. The van der Waals surface area contributed by atoms with Gasteiger partial charge >= 0.3 is 0 Å². The molecule has 0 spiro atoms. The highest BCUT2D eigenvalue weighted by molar-refractivity contribution is 5.47. The number of ether oxygens (including phenoxy) is 1. The number of methoxy groups -OCH3 is 1. The molecule has 2 saturated heterocycles. The fourth-order valence-corrected chi connectivity index (χ4v) is 3.72. The molecule has 22 heavy (non-hydrogen) atoms. The Kier molecular flexibility index (Phi) is 5.01. The van der Waals surface area contributed by atoms with Crippen molar-refractivity contribution in [2.45, 2.75) is 38.0 Å².